The Morgan fingerprint density at radius 2 is 1.48 bits per heavy atom. The second-order valence-corrected chi connectivity index (χ2v) is 7.35. The van der Waals surface area contributed by atoms with Gasteiger partial charge in [-0.1, -0.05) is 19.3 Å². The van der Waals surface area contributed by atoms with Crippen molar-refractivity contribution in [3.05, 3.63) is 0 Å². The maximum atomic E-state index is 12.2. The van der Waals surface area contributed by atoms with Gasteiger partial charge in [0.2, 0.25) is 5.91 Å². The minimum absolute atomic E-state index is 0.0114. The lowest BCUT2D eigenvalue weighted by Gasteiger charge is -2.34. The van der Waals surface area contributed by atoms with E-state index in [1.54, 1.807) is 4.90 Å². The molecule has 0 unspecified atom stereocenters. The SMILES string of the molecule is CC(=O)N1CCN(S(=O)(=O)NC2CCCCC2)CC1.O=C(O)O. The summed E-state index contributed by atoms with van der Waals surface area (Å²) >= 11 is 0. The fourth-order valence-corrected chi connectivity index (χ4v) is 4.20. The van der Waals surface area contributed by atoms with Crippen molar-refractivity contribution in [1.82, 2.24) is 13.9 Å². The predicted molar refractivity (Wildman–Crippen MR) is 83.4 cm³/mol. The van der Waals surface area contributed by atoms with Crippen LogP contribution < -0.4 is 4.72 Å². The highest BCUT2D eigenvalue weighted by atomic mass is 32.2. The smallest absolute Gasteiger partial charge is 0.450 e. The van der Waals surface area contributed by atoms with Gasteiger partial charge >= 0.3 is 6.16 Å². The van der Waals surface area contributed by atoms with Gasteiger partial charge in [0.25, 0.3) is 10.2 Å². The van der Waals surface area contributed by atoms with Crippen LogP contribution in [0.3, 0.4) is 0 Å². The van der Waals surface area contributed by atoms with Crippen LogP contribution in [-0.4, -0.2) is 72.1 Å². The van der Waals surface area contributed by atoms with Crippen LogP contribution in [0.1, 0.15) is 39.0 Å². The number of hydrogen-bond donors (Lipinski definition) is 3. The van der Waals surface area contributed by atoms with Crippen LogP contribution in [0.15, 0.2) is 0 Å². The van der Waals surface area contributed by atoms with E-state index >= 15 is 0 Å². The van der Waals surface area contributed by atoms with E-state index in [2.05, 4.69) is 4.72 Å². The lowest BCUT2D eigenvalue weighted by Crippen LogP contribution is -2.54. The second kappa shape index (κ2) is 9.04. The summed E-state index contributed by atoms with van der Waals surface area (Å²) in [6.07, 6.45) is 3.45. The molecular formula is C13H25N3O6S. The Bertz CT molecular complexity index is 492. The van der Waals surface area contributed by atoms with E-state index in [4.69, 9.17) is 15.0 Å². The van der Waals surface area contributed by atoms with Gasteiger partial charge in [0, 0.05) is 39.1 Å². The van der Waals surface area contributed by atoms with Gasteiger partial charge in [0.05, 0.1) is 0 Å². The summed E-state index contributed by atoms with van der Waals surface area (Å²) in [6, 6.07) is 0.0876. The fraction of sp³-hybridized carbons (Fsp3) is 0.846. The van der Waals surface area contributed by atoms with Crippen LogP contribution in [-0.2, 0) is 15.0 Å². The summed E-state index contributed by atoms with van der Waals surface area (Å²) in [6.45, 7) is 3.27. The fourth-order valence-electron chi connectivity index (χ4n) is 2.75. The van der Waals surface area contributed by atoms with E-state index in [1.807, 2.05) is 0 Å². The number of rotatable bonds is 3. The number of amides is 1. The van der Waals surface area contributed by atoms with Crippen LogP contribution in [0, 0.1) is 0 Å². The molecule has 2 aliphatic rings. The van der Waals surface area contributed by atoms with Gasteiger partial charge < -0.3 is 15.1 Å². The normalized spacial score (nSPS) is 20.5. The Labute approximate surface area is 136 Å². The van der Waals surface area contributed by atoms with Gasteiger partial charge in [-0.2, -0.15) is 17.4 Å². The lowest BCUT2D eigenvalue weighted by molar-refractivity contribution is -0.129. The summed E-state index contributed by atoms with van der Waals surface area (Å²) in [5.74, 6) is 0.0114. The van der Waals surface area contributed by atoms with E-state index in [-0.39, 0.29) is 11.9 Å². The molecule has 1 amide bonds. The van der Waals surface area contributed by atoms with E-state index in [0.29, 0.717) is 26.2 Å². The van der Waals surface area contributed by atoms with Crippen LogP contribution in [0.25, 0.3) is 0 Å². The maximum Gasteiger partial charge on any atom is 0.503 e. The molecule has 1 aliphatic heterocycles. The third kappa shape index (κ3) is 7.14. The lowest BCUT2D eigenvalue weighted by atomic mass is 9.96. The van der Waals surface area contributed by atoms with Crippen LogP contribution in [0.2, 0.25) is 0 Å². The van der Waals surface area contributed by atoms with E-state index in [9.17, 15) is 13.2 Å². The largest absolute Gasteiger partial charge is 0.503 e. The van der Waals surface area contributed by atoms with Gasteiger partial charge in [-0.25, -0.2) is 4.79 Å². The van der Waals surface area contributed by atoms with Crippen LogP contribution >= 0.6 is 0 Å². The first-order chi connectivity index (χ1) is 10.7. The van der Waals surface area contributed by atoms with Crippen molar-refractivity contribution in [3.63, 3.8) is 0 Å². The number of carbonyl (C=O) groups is 2. The third-order valence-electron chi connectivity index (χ3n) is 3.94. The van der Waals surface area contributed by atoms with Gasteiger partial charge in [-0.15, -0.1) is 0 Å². The summed E-state index contributed by atoms with van der Waals surface area (Å²) in [4.78, 5) is 21.5. The molecule has 134 valence electrons. The van der Waals surface area contributed by atoms with Gasteiger partial charge in [0.15, 0.2) is 0 Å². The minimum atomic E-state index is -3.39. The molecular weight excluding hydrogens is 326 g/mol. The molecule has 9 nitrogen and oxygen atoms in total. The number of nitrogens with zero attached hydrogens (tertiary/aromatic N) is 2. The Morgan fingerprint density at radius 1 is 1.00 bits per heavy atom. The number of carboxylic acid groups (broad SMARTS) is 2. The molecule has 1 aliphatic carbocycles. The number of nitrogens with one attached hydrogen (secondary N) is 1. The van der Waals surface area contributed by atoms with Gasteiger partial charge in [0.1, 0.15) is 0 Å². The van der Waals surface area contributed by atoms with Crippen molar-refractivity contribution in [2.24, 2.45) is 0 Å². The molecule has 2 rings (SSSR count). The van der Waals surface area contributed by atoms with Crippen molar-refractivity contribution in [2.45, 2.75) is 45.1 Å². The van der Waals surface area contributed by atoms with Gasteiger partial charge in [-0.05, 0) is 12.8 Å². The minimum Gasteiger partial charge on any atom is -0.450 e. The van der Waals surface area contributed by atoms with E-state index in [0.717, 1.165) is 25.7 Å². The summed E-state index contributed by atoms with van der Waals surface area (Å²) in [5, 5.41) is 13.9. The number of piperazine rings is 1. The second-order valence-electron chi connectivity index (χ2n) is 5.65. The molecule has 0 aromatic carbocycles. The molecule has 0 aromatic rings. The van der Waals surface area contributed by atoms with Gasteiger partial charge in [-0.3, -0.25) is 4.79 Å². The molecule has 0 bridgehead atoms. The van der Waals surface area contributed by atoms with Crippen LogP contribution in [0.5, 0.6) is 0 Å². The highest BCUT2D eigenvalue weighted by Gasteiger charge is 2.29. The summed E-state index contributed by atoms with van der Waals surface area (Å²) < 4.78 is 28.7. The molecule has 0 radical (unpaired) electrons. The standard InChI is InChI=1S/C12H23N3O3S.CH2O3/c1-11(16)14-7-9-15(10-8-14)19(17,18)13-12-5-3-2-4-6-12;2-1(3)4/h12-13H,2-10H2,1H3;(H2,2,3,4). The zero-order valence-corrected chi connectivity index (χ0v) is 14.1. The highest BCUT2D eigenvalue weighted by molar-refractivity contribution is 7.87. The molecule has 0 spiro atoms. The summed E-state index contributed by atoms with van der Waals surface area (Å²) in [7, 11) is -3.39. The summed E-state index contributed by atoms with van der Waals surface area (Å²) in [5.41, 5.74) is 0. The quantitative estimate of drug-likeness (QED) is 0.681. The molecule has 1 heterocycles. The monoisotopic (exact) mass is 351 g/mol. The first kappa shape index (κ1) is 19.7. The molecule has 1 saturated heterocycles. The average molecular weight is 351 g/mol. The van der Waals surface area contributed by atoms with Crippen molar-refractivity contribution in [3.8, 4) is 0 Å². The molecule has 23 heavy (non-hydrogen) atoms. The molecule has 2 fully saturated rings. The predicted octanol–water partition coefficient (Wildman–Crippen LogP) is 0.540. The Kier molecular flexibility index (Phi) is 7.73. The molecule has 3 N–H and O–H groups in total. The first-order valence-electron chi connectivity index (χ1n) is 7.67. The first-order valence-corrected chi connectivity index (χ1v) is 9.11. The van der Waals surface area contributed by atoms with Crippen molar-refractivity contribution in [1.29, 1.82) is 0 Å². The Morgan fingerprint density at radius 3 is 1.91 bits per heavy atom. The van der Waals surface area contributed by atoms with Crippen LogP contribution in [0.4, 0.5) is 4.79 Å². The number of hydrogen-bond acceptors (Lipinski definition) is 4. The van der Waals surface area contributed by atoms with Crippen molar-refractivity contribution >= 4 is 22.3 Å². The zero-order valence-electron chi connectivity index (χ0n) is 13.3. The average Bonchev–Trinajstić information content (AvgIpc) is 2.47. The van der Waals surface area contributed by atoms with Crippen molar-refractivity contribution in [2.75, 3.05) is 26.2 Å². The Hall–Kier alpha value is -1.39. The third-order valence-corrected chi connectivity index (χ3v) is 5.62. The highest BCUT2D eigenvalue weighted by Crippen LogP contribution is 2.19. The number of carbonyl (C=O) groups excluding carboxylic acids is 1. The van der Waals surface area contributed by atoms with E-state index < -0.39 is 16.4 Å². The molecule has 1 saturated carbocycles. The maximum absolute atomic E-state index is 12.2. The topological polar surface area (TPSA) is 127 Å². The Balaban J connectivity index is 0.000000593. The van der Waals surface area contributed by atoms with Crippen molar-refractivity contribution < 1.29 is 28.2 Å². The van der Waals surface area contributed by atoms with E-state index in [1.165, 1.54) is 17.6 Å². The molecule has 10 heteroatoms. The molecule has 0 atom stereocenters. The molecule has 0 aromatic heterocycles. The zero-order chi connectivity index (χ0) is 17.5.